The van der Waals surface area contributed by atoms with E-state index in [1.165, 1.54) is 19.3 Å². The Morgan fingerprint density at radius 2 is 2.09 bits per heavy atom. The number of pyridine rings is 1. The van der Waals surface area contributed by atoms with Crippen LogP contribution in [-0.2, 0) is 6.42 Å². The molecule has 0 aliphatic heterocycles. The van der Waals surface area contributed by atoms with E-state index in [-0.39, 0.29) is 5.56 Å². The van der Waals surface area contributed by atoms with Crippen LogP contribution in [0.5, 0.6) is 0 Å². The number of hydrogen-bond acceptors (Lipinski definition) is 4. The van der Waals surface area contributed by atoms with Gasteiger partial charge in [-0.3, -0.25) is 9.78 Å². The van der Waals surface area contributed by atoms with Crippen molar-refractivity contribution < 1.29 is 0 Å². The van der Waals surface area contributed by atoms with Gasteiger partial charge >= 0.3 is 0 Å². The highest BCUT2D eigenvalue weighted by Crippen LogP contribution is 2.29. The minimum absolute atomic E-state index is 0.122. The third-order valence-corrected chi connectivity index (χ3v) is 4.51. The molecule has 23 heavy (non-hydrogen) atoms. The molecule has 1 saturated carbocycles. The number of nitrogens with zero attached hydrogens (tertiary/aromatic N) is 4. The van der Waals surface area contributed by atoms with Gasteiger partial charge in [0.1, 0.15) is 11.2 Å². The highest BCUT2D eigenvalue weighted by Gasteiger charge is 2.20. The quantitative estimate of drug-likeness (QED) is 0.807. The number of H-pyrrole nitrogens is 1. The normalized spacial score (nSPS) is 16.0. The van der Waals surface area contributed by atoms with Crippen LogP contribution in [0, 0.1) is 0 Å². The molecule has 6 nitrogen and oxygen atoms in total. The second-order valence-corrected chi connectivity index (χ2v) is 6.13. The van der Waals surface area contributed by atoms with Crippen molar-refractivity contribution >= 4 is 11.0 Å². The van der Waals surface area contributed by atoms with Gasteiger partial charge in [-0.1, -0.05) is 25.3 Å². The molecule has 0 radical (unpaired) electrons. The molecule has 0 unspecified atom stereocenters. The summed E-state index contributed by atoms with van der Waals surface area (Å²) in [5.74, 6) is 0.638. The molecule has 1 aliphatic rings. The van der Waals surface area contributed by atoms with E-state index < -0.39 is 0 Å². The summed E-state index contributed by atoms with van der Waals surface area (Å²) in [6.07, 6.45) is 9.85. The fourth-order valence-corrected chi connectivity index (χ4v) is 3.33. The van der Waals surface area contributed by atoms with Crippen molar-refractivity contribution in [1.82, 2.24) is 24.7 Å². The number of aromatic nitrogens is 5. The molecule has 1 fully saturated rings. The van der Waals surface area contributed by atoms with Gasteiger partial charge in [0.15, 0.2) is 5.65 Å². The number of fused-ring (bicyclic) bond motifs is 1. The molecule has 0 amide bonds. The summed E-state index contributed by atoms with van der Waals surface area (Å²) in [5, 5.41) is 5.02. The standard InChI is InChI=1S/C17H19N5O/c23-17-14-11-19-22(13-7-2-1-3-8-13)16(14)20-15(21-17)10-12-6-4-5-9-18-12/h4-6,9,11,13H,1-3,7-8,10H2,(H,20,21,23). The smallest absolute Gasteiger partial charge is 0.262 e. The maximum Gasteiger partial charge on any atom is 0.262 e. The lowest BCUT2D eigenvalue weighted by atomic mass is 9.96. The second-order valence-electron chi connectivity index (χ2n) is 6.13. The van der Waals surface area contributed by atoms with Gasteiger partial charge in [0.05, 0.1) is 12.2 Å². The van der Waals surface area contributed by atoms with Gasteiger partial charge in [-0.05, 0) is 25.0 Å². The van der Waals surface area contributed by atoms with Crippen LogP contribution < -0.4 is 5.56 Å². The first kappa shape index (κ1) is 14.1. The molecule has 118 valence electrons. The van der Waals surface area contributed by atoms with Gasteiger partial charge in [-0.2, -0.15) is 5.10 Å². The third kappa shape index (κ3) is 2.76. The van der Waals surface area contributed by atoms with Gasteiger partial charge in [-0.25, -0.2) is 9.67 Å². The number of hydrogen-bond donors (Lipinski definition) is 1. The average Bonchev–Trinajstić information content (AvgIpc) is 3.01. The summed E-state index contributed by atoms with van der Waals surface area (Å²) in [6, 6.07) is 6.10. The second kappa shape index (κ2) is 5.95. The van der Waals surface area contributed by atoms with E-state index in [1.54, 1.807) is 12.4 Å². The maximum absolute atomic E-state index is 12.3. The SMILES string of the molecule is O=c1[nH]c(Cc2ccccn2)nc2c1cnn2C1CCCCC1. The molecule has 1 N–H and O–H groups in total. The molecular formula is C17H19N5O. The van der Waals surface area contributed by atoms with E-state index in [1.807, 2.05) is 22.9 Å². The first-order valence-corrected chi connectivity index (χ1v) is 8.17. The molecule has 3 aromatic rings. The van der Waals surface area contributed by atoms with Crippen LogP contribution in [0.2, 0.25) is 0 Å². The minimum Gasteiger partial charge on any atom is -0.310 e. The molecule has 0 saturated heterocycles. The summed E-state index contributed by atoms with van der Waals surface area (Å²) >= 11 is 0. The Labute approximate surface area is 133 Å². The van der Waals surface area contributed by atoms with Crippen molar-refractivity contribution in [3.8, 4) is 0 Å². The summed E-state index contributed by atoms with van der Waals surface area (Å²) in [7, 11) is 0. The Kier molecular flexibility index (Phi) is 3.65. The summed E-state index contributed by atoms with van der Waals surface area (Å²) in [4.78, 5) is 24.1. The van der Waals surface area contributed by atoms with E-state index >= 15 is 0 Å². The Balaban J connectivity index is 1.74. The minimum atomic E-state index is -0.122. The maximum atomic E-state index is 12.3. The molecule has 0 spiro atoms. The molecule has 3 aromatic heterocycles. The zero-order valence-electron chi connectivity index (χ0n) is 12.9. The topological polar surface area (TPSA) is 76.5 Å². The summed E-state index contributed by atoms with van der Waals surface area (Å²) in [5.41, 5.74) is 1.47. The monoisotopic (exact) mass is 309 g/mol. The molecule has 1 aliphatic carbocycles. The lowest BCUT2D eigenvalue weighted by Crippen LogP contribution is -2.17. The fourth-order valence-electron chi connectivity index (χ4n) is 3.33. The van der Waals surface area contributed by atoms with Gasteiger partial charge in [-0.15, -0.1) is 0 Å². The third-order valence-electron chi connectivity index (χ3n) is 4.51. The first-order chi connectivity index (χ1) is 11.3. The largest absolute Gasteiger partial charge is 0.310 e. The zero-order valence-corrected chi connectivity index (χ0v) is 12.9. The van der Waals surface area contributed by atoms with Gasteiger partial charge in [0.25, 0.3) is 5.56 Å². The predicted octanol–water partition coefficient (Wildman–Crippen LogP) is 2.61. The van der Waals surface area contributed by atoms with Crippen LogP contribution in [0.3, 0.4) is 0 Å². The number of aromatic amines is 1. The zero-order chi connectivity index (χ0) is 15.6. The van der Waals surface area contributed by atoms with Gasteiger partial charge < -0.3 is 4.98 Å². The van der Waals surface area contributed by atoms with E-state index in [2.05, 4.69) is 20.1 Å². The fraction of sp³-hybridized carbons (Fsp3) is 0.412. The van der Waals surface area contributed by atoms with Crippen molar-refractivity contribution in [1.29, 1.82) is 0 Å². The number of rotatable bonds is 3. The molecule has 4 rings (SSSR count). The molecule has 0 bridgehead atoms. The first-order valence-electron chi connectivity index (χ1n) is 8.17. The van der Waals surface area contributed by atoms with Crippen LogP contribution >= 0.6 is 0 Å². The highest BCUT2D eigenvalue weighted by molar-refractivity contribution is 5.73. The van der Waals surface area contributed by atoms with Crippen molar-refractivity contribution in [3.05, 3.63) is 52.5 Å². The Morgan fingerprint density at radius 3 is 2.87 bits per heavy atom. The van der Waals surface area contributed by atoms with Crippen molar-refractivity contribution in [2.45, 2.75) is 44.6 Å². The Hall–Kier alpha value is -2.50. The lowest BCUT2D eigenvalue weighted by Gasteiger charge is -2.22. The van der Waals surface area contributed by atoms with E-state index in [0.717, 1.165) is 18.5 Å². The molecule has 0 atom stereocenters. The van der Waals surface area contributed by atoms with Gasteiger partial charge in [0.2, 0.25) is 0 Å². The number of nitrogens with one attached hydrogen (secondary N) is 1. The molecule has 6 heteroatoms. The predicted molar refractivity (Wildman–Crippen MR) is 87.3 cm³/mol. The van der Waals surface area contributed by atoms with Crippen LogP contribution in [-0.4, -0.2) is 24.7 Å². The van der Waals surface area contributed by atoms with Crippen LogP contribution in [0.1, 0.15) is 49.7 Å². The summed E-state index contributed by atoms with van der Waals surface area (Å²) < 4.78 is 1.95. The van der Waals surface area contributed by atoms with Crippen molar-refractivity contribution in [2.75, 3.05) is 0 Å². The van der Waals surface area contributed by atoms with Crippen LogP contribution in [0.15, 0.2) is 35.4 Å². The molecule has 0 aromatic carbocycles. The van der Waals surface area contributed by atoms with Crippen molar-refractivity contribution in [3.63, 3.8) is 0 Å². The highest BCUT2D eigenvalue weighted by atomic mass is 16.1. The Bertz CT molecular complexity index is 862. The lowest BCUT2D eigenvalue weighted by molar-refractivity contribution is 0.335. The molecule has 3 heterocycles. The average molecular weight is 309 g/mol. The van der Waals surface area contributed by atoms with Crippen LogP contribution in [0.25, 0.3) is 11.0 Å². The van der Waals surface area contributed by atoms with Crippen LogP contribution in [0.4, 0.5) is 0 Å². The Morgan fingerprint density at radius 1 is 1.22 bits per heavy atom. The molecular weight excluding hydrogens is 290 g/mol. The summed E-state index contributed by atoms with van der Waals surface area (Å²) in [6.45, 7) is 0. The van der Waals surface area contributed by atoms with E-state index in [0.29, 0.717) is 29.3 Å². The van der Waals surface area contributed by atoms with Crippen molar-refractivity contribution in [2.24, 2.45) is 0 Å². The van der Waals surface area contributed by atoms with E-state index in [4.69, 9.17) is 0 Å². The van der Waals surface area contributed by atoms with Gasteiger partial charge in [0, 0.05) is 18.3 Å². The van der Waals surface area contributed by atoms with E-state index in [9.17, 15) is 4.79 Å².